The molecular weight excluding hydrogens is 357 g/mol. The molecular formula is C12H10Cl3N3O2S. The van der Waals surface area contributed by atoms with Crippen LogP contribution in [0.3, 0.4) is 0 Å². The molecule has 0 unspecified atom stereocenters. The van der Waals surface area contributed by atoms with Gasteiger partial charge in [-0.3, -0.25) is 4.72 Å². The number of nitrogens with two attached hydrogens (primary N) is 1. The van der Waals surface area contributed by atoms with Crippen molar-refractivity contribution in [1.82, 2.24) is 4.98 Å². The summed E-state index contributed by atoms with van der Waals surface area (Å²) in [5, 5.41) is 0.469. The molecule has 9 heteroatoms. The van der Waals surface area contributed by atoms with E-state index < -0.39 is 10.0 Å². The Kier molecular flexibility index (Phi) is 4.53. The predicted molar refractivity (Wildman–Crippen MR) is 85.7 cm³/mol. The molecule has 2 aromatic rings. The van der Waals surface area contributed by atoms with Crippen LogP contribution in [0, 0.1) is 6.92 Å². The van der Waals surface area contributed by atoms with Crippen LogP contribution in [0.4, 0.5) is 11.4 Å². The Labute approximate surface area is 137 Å². The van der Waals surface area contributed by atoms with Crippen LogP contribution >= 0.6 is 34.8 Å². The number of nitrogen functional groups attached to an aromatic ring is 1. The van der Waals surface area contributed by atoms with Crippen molar-refractivity contribution in [3.63, 3.8) is 0 Å². The summed E-state index contributed by atoms with van der Waals surface area (Å²) in [7, 11) is -3.92. The van der Waals surface area contributed by atoms with Crippen molar-refractivity contribution in [2.24, 2.45) is 0 Å². The van der Waals surface area contributed by atoms with E-state index in [4.69, 9.17) is 40.5 Å². The average Bonchev–Trinajstić information content (AvgIpc) is 2.33. The van der Waals surface area contributed by atoms with Crippen LogP contribution in [0.1, 0.15) is 5.56 Å². The number of benzene rings is 1. The van der Waals surface area contributed by atoms with Crippen molar-refractivity contribution in [1.29, 1.82) is 0 Å². The molecule has 0 fully saturated rings. The highest BCUT2D eigenvalue weighted by atomic mass is 35.5. The fourth-order valence-corrected chi connectivity index (χ4v) is 3.74. The van der Waals surface area contributed by atoms with Gasteiger partial charge in [0.1, 0.15) is 10.0 Å². The third kappa shape index (κ3) is 3.52. The minimum absolute atomic E-state index is 0.0331. The fraction of sp³-hybridized carbons (Fsp3) is 0.0833. The number of rotatable bonds is 3. The average molecular weight is 367 g/mol. The second-order valence-electron chi connectivity index (χ2n) is 4.22. The first-order valence-electron chi connectivity index (χ1n) is 5.61. The number of hydrogen-bond donors (Lipinski definition) is 2. The number of nitrogens with zero attached hydrogens (tertiary/aromatic N) is 1. The van der Waals surface area contributed by atoms with E-state index in [2.05, 4.69) is 9.71 Å². The van der Waals surface area contributed by atoms with Crippen LogP contribution < -0.4 is 10.5 Å². The lowest BCUT2D eigenvalue weighted by atomic mass is 10.3. The molecule has 0 aliphatic heterocycles. The zero-order valence-electron chi connectivity index (χ0n) is 10.7. The van der Waals surface area contributed by atoms with Gasteiger partial charge in [-0.2, -0.15) is 0 Å². The molecule has 0 amide bonds. The van der Waals surface area contributed by atoms with Gasteiger partial charge in [-0.05, 0) is 36.8 Å². The fourth-order valence-electron chi connectivity index (χ4n) is 1.67. The third-order valence-corrected chi connectivity index (χ3v) is 4.76. The summed E-state index contributed by atoms with van der Waals surface area (Å²) in [5.41, 5.74) is 6.41. The van der Waals surface area contributed by atoms with Crippen molar-refractivity contribution in [2.75, 3.05) is 10.5 Å². The van der Waals surface area contributed by atoms with Gasteiger partial charge in [-0.1, -0.05) is 34.8 Å². The van der Waals surface area contributed by atoms with Crippen LogP contribution in [-0.2, 0) is 10.0 Å². The van der Waals surface area contributed by atoms with E-state index in [1.54, 1.807) is 6.92 Å². The zero-order chi connectivity index (χ0) is 15.8. The van der Waals surface area contributed by atoms with Gasteiger partial charge in [0.2, 0.25) is 0 Å². The number of nitrogens with one attached hydrogen (secondary N) is 1. The topological polar surface area (TPSA) is 85.1 Å². The highest BCUT2D eigenvalue weighted by Gasteiger charge is 2.20. The van der Waals surface area contributed by atoms with Crippen molar-refractivity contribution in [2.45, 2.75) is 11.8 Å². The molecule has 1 aromatic carbocycles. The molecule has 21 heavy (non-hydrogen) atoms. The van der Waals surface area contributed by atoms with Crippen molar-refractivity contribution in [3.8, 4) is 0 Å². The number of hydrogen-bond acceptors (Lipinski definition) is 4. The third-order valence-electron chi connectivity index (χ3n) is 2.64. The van der Waals surface area contributed by atoms with E-state index in [0.717, 1.165) is 0 Å². The molecule has 1 aromatic heterocycles. The summed E-state index contributed by atoms with van der Waals surface area (Å²) >= 11 is 17.4. The molecule has 0 saturated heterocycles. The molecule has 2 rings (SSSR count). The second-order valence-corrected chi connectivity index (χ2v) is 7.05. The molecule has 5 nitrogen and oxygen atoms in total. The maximum absolute atomic E-state index is 12.4. The van der Waals surface area contributed by atoms with Gasteiger partial charge in [-0.15, -0.1) is 0 Å². The Morgan fingerprint density at radius 1 is 1.19 bits per heavy atom. The van der Waals surface area contributed by atoms with Crippen molar-refractivity contribution >= 4 is 56.2 Å². The number of pyridine rings is 1. The predicted octanol–water partition coefficient (Wildman–Crippen LogP) is 3.73. The Morgan fingerprint density at radius 2 is 1.86 bits per heavy atom. The Hall–Kier alpha value is -1.21. The molecule has 0 spiro atoms. The smallest absolute Gasteiger partial charge is 0.264 e. The van der Waals surface area contributed by atoms with Gasteiger partial charge in [0.25, 0.3) is 10.0 Å². The normalized spacial score (nSPS) is 11.4. The summed E-state index contributed by atoms with van der Waals surface area (Å²) < 4.78 is 27.1. The van der Waals surface area contributed by atoms with Gasteiger partial charge in [0.05, 0.1) is 11.4 Å². The molecule has 0 bridgehead atoms. The van der Waals surface area contributed by atoms with E-state index in [1.165, 1.54) is 24.3 Å². The van der Waals surface area contributed by atoms with Gasteiger partial charge >= 0.3 is 0 Å². The molecule has 1 heterocycles. The molecule has 0 saturated carbocycles. The standard InChI is InChI=1S/C12H10Cl3N3O2S/c1-6-4-10(14)17-12(15)11(6)18-21(19,20)9-3-2-7(13)5-8(9)16/h2-5,18H,16H2,1H3. The highest BCUT2D eigenvalue weighted by molar-refractivity contribution is 7.92. The number of aryl methyl sites for hydroxylation is 1. The Bertz CT molecular complexity index is 786. The zero-order valence-corrected chi connectivity index (χ0v) is 13.8. The molecule has 112 valence electrons. The minimum Gasteiger partial charge on any atom is -0.398 e. The highest BCUT2D eigenvalue weighted by Crippen LogP contribution is 2.30. The summed E-state index contributed by atoms with van der Waals surface area (Å²) in [5.74, 6) is 0. The molecule has 0 aliphatic carbocycles. The lowest BCUT2D eigenvalue weighted by Gasteiger charge is -2.13. The van der Waals surface area contributed by atoms with Crippen LogP contribution in [0.15, 0.2) is 29.2 Å². The maximum atomic E-state index is 12.4. The number of anilines is 2. The quantitative estimate of drug-likeness (QED) is 0.640. The van der Waals surface area contributed by atoms with E-state index >= 15 is 0 Å². The Balaban J connectivity index is 2.47. The van der Waals surface area contributed by atoms with Gasteiger partial charge in [-0.25, -0.2) is 13.4 Å². The molecule has 0 atom stereocenters. The first-order valence-corrected chi connectivity index (χ1v) is 8.23. The van der Waals surface area contributed by atoms with E-state index in [9.17, 15) is 8.42 Å². The van der Waals surface area contributed by atoms with E-state index in [-0.39, 0.29) is 26.6 Å². The largest absolute Gasteiger partial charge is 0.398 e. The van der Waals surface area contributed by atoms with Crippen LogP contribution in [0.25, 0.3) is 0 Å². The van der Waals surface area contributed by atoms with Gasteiger partial charge in [0.15, 0.2) is 5.15 Å². The second kappa shape index (κ2) is 5.88. The van der Waals surface area contributed by atoms with E-state index in [1.807, 2.05) is 0 Å². The first kappa shape index (κ1) is 16.2. The lowest BCUT2D eigenvalue weighted by Crippen LogP contribution is -2.16. The molecule has 0 radical (unpaired) electrons. The maximum Gasteiger partial charge on any atom is 0.264 e. The summed E-state index contributed by atoms with van der Waals surface area (Å²) in [4.78, 5) is 3.70. The van der Waals surface area contributed by atoms with Gasteiger partial charge in [0, 0.05) is 5.02 Å². The Morgan fingerprint density at radius 3 is 2.43 bits per heavy atom. The van der Waals surface area contributed by atoms with Crippen molar-refractivity contribution in [3.05, 3.63) is 45.2 Å². The lowest BCUT2D eigenvalue weighted by molar-refractivity contribution is 0.601. The van der Waals surface area contributed by atoms with Crippen molar-refractivity contribution < 1.29 is 8.42 Å². The van der Waals surface area contributed by atoms with Gasteiger partial charge < -0.3 is 5.73 Å². The van der Waals surface area contributed by atoms with Crippen LogP contribution in [0.2, 0.25) is 15.3 Å². The minimum atomic E-state index is -3.92. The van der Waals surface area contributed by atoms with E-state index in [0.29, 0.717) is 10.6 Å². The summed E-state index contributed by atoms with van der Waals surface area (Å²) in [6.45, 7) is 1.66. The SMILES string of the molecule is Cc1cc(Cl)nc(Cl)c1NS(=O)(=O)c1ccc(Cl)cc1N. The number of halogens is 3. The molecule has 3 N–H and O–H groups in total. The van der Waals surface area contributed by atoms with Crippen LogP contribution in [0.5, 0.6) is 0 Å². The first-order chi connectivity index (χ1) is 9.70. The summed E-state index contributed by atoms with van der Waals surface area (Å²) in [6.07, 6.45) is 0. The monoisotopic (exact) mass is 365 g/mol. The van der Waals surface area contributed by atoms with Crippen LogP contribution in [-0.4, -0.2) is 13.4 Å². The number of aromatic nitrogens is 1. The summed E-state index contributed by atoms with van der Waals surface area (Å²) in [6, 6.07) is 5.59. The number of sulfonamides is 1. The molecule has 0 aliphatic rings.